The number of amides is 1. The Balaban J connectivity index is 2.39. The number of halogens is 1. The molecule has 1 aromatic carbocycles. The van der Waals surface area contributed by atoms with E-state index in [0.29, 0.717) is 18.0 Å². The molecule has 0 aromatic heterocycles. The zero-order chi connectivity index (χ0) is 12.6. The molecule has 0 saturated carbocycles. The molecule has 0 fully saturated rings. The van der Waals surface area contributed by atoms with Crippen molar-refractivity contribution in [1.82, 2.24) is 4.90 Å². The highest BCUT2D eigenvalue weighted by atomic mass is 35.5. The molecule has 1 aliphatic rings. The Kier molecular flexibility index (Phi) is 3.07. The molecule has 17 heavy (non-hydrogen) atoms. The molecule has 1 atom stereocenters. The van der Waals surface area contributed by atoms with Crippen molar-refractivity contribution in [1.29, 1.82) is 0 Å². The molecule has 2 rings (SSSR count). The number of carboxylic acid groups (broad SMARTS) is 1. The summed E-state index contributed by atoms with van der Waals surface area (Å²) >= 11 is 5.87. The van der Waals surface area contributed by atoms with Gasteiger partial charge in [0.2, 0.25) is 5.91 Å². The van der Waals surface area contributed by atoms with Crippen LogP contribution >= 0.6 is 11.6 Å². The number of benzene rings is 1. The second-order valence-corrected chi connectivity index (χ2v) is 4.55. The lowest BCUT2D eigenvalue weighted by molar-refractivity contribution is -0.150. The van der Waals surface area contributed by atoms with Crippen LogP contribution in [0.1, 0.15) is 18.1 Å². The average Bonchev–Trinajstić information content (AvgIpc) is 2.26. The Morgan fingerprint density at radius 3 is 2.71 bits per heavy atom. The second kappa shape index (κ2) is 4.37. The average molecular weight is 254 g/mol. The smallest absolute Gasteiger partial charge is 0.326 e. The van der Waals surface area contributed by atoms with Gasteiger partial charge in [0.25, 0.3) is 0 Å². The molecule has 1 aliphatic heterocycles. The van der Waals surface area contributed by atoms with Gasteiger partial charge in [-0.15, -0.1) is 0 Å². The molecular formula is C12H12ClNO3. The minimum atomic E-state index is -0.981. The normalized spacial score (nSPS) is 18.7. The number of carboxylic acids is 1. The molecule has 0 aliphatic carbocycles. The van der Waals surface area contributed by atoms with Gasteiger partial charge < -0.3 is 10.0 Å². The number of hydrogen-bond donors (Lipinski definition) is 1. The van der Waals surface area contributed by atoms with Gasteiger partial charge in [0.05, 0.1) is 0 Å². The van der Waals surface area contributed by atoms with Gasteiger partial charge in [0.1, 0.15) is 6.04 Å². The Morgan fingerprint density at radius 1 is 1.41 bits per heavy atom. The van der Waals surface area contributed by atoms with Crippen molar-refractivity contribution in [2.45, 2.75) is 25.9 Å². The third-order valence-corrected chi connectivity index (χ3v) is 3.22. The van der Waals surface area contributed by atoms with Gasteiger partial charge in [-0.25, -0.2) is 4.79 Å². The third-order valence-electron chi connectivity index (χ3n) is 2.99. The molecular weight excluding hydrogens is 242 g/mol. The summed E-state index contributed by atoms with van der Waals surface area (Å²) in [4.78, 5) is 23.9. The Labute approximate surface area is 104 Å². The predicted octanol–water partition coefficient (Wildman–Crippen LogP) is 1.70. The van der Waals surface area contributed by atoms with Gasteiger partial charge in [0, 0.05) is 24.9 Å². The molecule has 1 N–H and O–H groups in total. The van der Waals surface area contributed by atoms with Crippen molar-refractivity contribution in [3.05, 3.63) is 34.3 Å². The Bertz CT molecular complexity index is 487. The highest BCUT2D eigenvalue weighted by Gasteiger charge is 2.32. The van der Waals surface area contributed by atoms with Gasteiger partial charge in [-0.1, -0.05) is 17.7 Å². The molecule has 5 heteroatoms. The largest absolute Gasteiger partial charge is 0.480 e. The first-order valence-electron chi connectivity index (χ1n) is 5.26. The van der Waals surface area contributed by atoms with E-state index in [4.69, 9.17) is 16.7 Å². The van der Waals surface area contributed by atoms with Crippen LogP contribution in [0.15, 0.2) is 18.2 Å². The van der Waals surface area contributed by atoms with Crippen LogP contribution in [0.25, 0.3) is 0 Å². The number of aliphatic carboxylic acids is 1. The highest BCUT2D eigenvalue weighted by Crippen LogP contribution is 2.26. The molecule has 4 nitrogen and oxygen atoms in total. The molecule has 90 valence electrons. The van der Waals surface area contributed by atoms with E-state index in [9.17, 15) is 9.59 Å². The maximum absolute atomic E-state index is 11.4. The van der Waals surface area contributed by atoms with Crippen molar-refractivity contribution < 1.29 is 14.7 Å². The SMILES string of the molecule is CC(=O)N1Cc2ccc(Cl)cc2C[C@@H]1C(=O)O. The molecule has 0 spiro atoms. The number of carbonyl (C=O) groups is 2. The fourth-order valence-corrected chi connectivity index (χ4v) is 2.30. The van der Waals surface area contributed by atoms with E-state index in [0.717, 1.165) is 11.1 Å². The minimum absolute atomic E-state index is 0.224. The summed E-state index contributed by atoms with van der Waals surface area (Å²) in [6, 6.07) is 4.56. The minimum Gasteiger partial charge on any atom is -0.480 e. The lowest BCUT2D eigenvalue weighted by Gasteiger charge is -2.33. The summed E-state index contributed by atoms with van der Waals surface area (Å²) in [6.07, 6.45) is 0.310. The van der Waals surface area contributed by atoms with E-state index in [1.165, 1.54) is 11.8 Å². The standard InChI is InChI=1S/C12H12ClNO3/c1-7(15)14-6-8-2-3-10(13)4-9(8)5-11(14)12(16)17/h2-4,11H,5-6H2,1H3,(H,16,17)/t11-/m1/s1. The fraction of sp³-hybridized carbons (Fsp3) is 0.333. The van der Waals surface area contributed by atoms with Crippen LogP contribution in [-0.2, 0) is 22.6 Å². The van der Waals surface area contributed by atoms with E-state index >= 15 is 0 Å². The monoisotopic (exact) mass is 253 g/mol. The van der Waals surface area contributed by atoms with Crippen molar-refractivity contribution in [2.24, 2.45) is 0 Å². The van der Waals surface area contributed by atoms with E-state index in [1.807, 2.05) is 6.07 Å². The van der Waals surface area contributed by atoms with E-state index < -0.39 is 12.0 Å². The molecule has 0 unspecified atom stereocenters. The maximum atomic E-state index is 11.4. The summed E-state index contributed by atoms with van der Waals surface area (Å²) in [5, 5.41) is 9.71. The molecule has 1 aromatic rings. The summed E-state index contributed by atoms with van der Waals surface area (Å²) in [5.41, 5.74) is 1.87. The van der Waals surface area contributed by atoms with E-state index in [1.54, 1.807) is 12.1 Å². The number of nitrogens with zero attached hydrogens (tertiary/aromatic N) is 1. The topological polar surface area (TPSA) is 57.6 Å². The van der Waals surface area contributed by atoms with Gasteiger partial charge in [0.15, 0.2) is 0 Å². The van der Waals surface area contributed by atoms with Crippen molar-refractivity contribution >= 4 is 23.5 Å². The highest BCUT2D eigenvalue weighted by molar-refractivity contribution is 6.30. The summed E-state index contributed by atoms with van der Waals surface area (Å²) in [5.74, 6) is -1.20. The molecule has 0 radical (unpaired) electrons. The number of fused-ring (bicyclic) bond motifs is 1. The fourth-order valence-electron chi connectivity index (χ4n) is 2.10. The lowest BCUT2D eigenvalue weighted by atomic mass is 9.94. The predicted molar refractivity (Wildman–Crippen MR) is 62.8 cm³/mol. The van der Waals surface area contributed by atoms with Crippen molar-refractivity contribution in [3.63, 3.8) is 0 Å². The van der Waals surface area contributed by atoms with Crippen molar-refractivity contribution in [2.75, 3.05) is 0 Å². The zero-order valence-electron chi connectivity index (χ0n) is 9.31. The second-order valence-electron chi connectivity index (χ2n) is 4.12. The first kappa shape index (κ1) is 11.9. The van der Waals surface area contributed by atoms with Gasteiger partial charge in [-0.05, 0) is 23.3 Å². The van der Waals surface area contributed by atoms with Crippen LogP contribution in [0.4, 0.5) is 0 Å². The zero-order valence-corrected chi connectivity index (χ0v) is 10.1. The third kappa shape index (κ3) is 2.26. The van der Waals surface area contributed by atoms with Crippen molar-refractivity contribution in [3.8, 4) is 0 Å². The van der Waals surface area contributed by atoms with E-state index in [2.05, 4.69) is 0 Å². The Morgan fingerprint density at radius 2 is 2.12 bits per heavy atom. The molecule has 1 amide bonds. The van der Waals surface area contributed by atoms with Crippen LogP contribution in [0.2, 0.25) is 5.02 Å². The summed E-state index contributed by atoms with van der Waals surface area (Å²) < 4.78 is 0. The Hall–Kier alpha value is -1.55. The number of rotatable bonds is 1. The van der Waals surface area contributed by atoms with Crippen LogP contribution in [0.3, 0.4) is 0 Å². The van der Waals surface area contributed by atoms with Crippen LogP contribution in [-0.4, -0.2) is 27.9 Å². The van der Waals surface area contributed by atoms with Gasteiger partial charge in [-0.2, -0.15) is 0 Å². The lowest BCUT2D eigenvalue weighted by Crippen LogP contribution is -2.47. The maximum Gasteiger partial charge on any atom is 0.326 e. The molecule has 0 saturated heterocycles. The molecule has 0 bridgehead atoms. The first-order valence-corrected chi connectivity index (χ1v) is 5.64. The summed E-state index contributed by atoms with van der Waals surface area (Å²) in [7, 11) is 0. The molecule has 1 heterocycles. The number of carbonyl (C=O) groups excluding carboxylic acids is 1. The first-order chi connectivity index (χ1) is 7.99. The number of hydrogen-bond acceptors (Lipinski definition) is 2. The summed E-state index contributed by atoms with van der Waals surface area (Å²) in [6.45, 7) is 1.72. The van der Waals surface area contributed by atoms with Crippen LogP contribution in [0.5, 0.6) is 0 Å². The quantitative estimate of drug-likeness (QED) is 0.829. The van der Waals surface area contributed by atoms with Gasteiger partial charge in [-0.3, -0.25) is 4.79 Å². The van der Waals surface area contributed by atoms with Gasteiger partial charge >= 0.3 is 5.97 Å². The van der Waals surface area contributed by atoms with Crippen LogP contribution in [0, 0.1) is 0 Å². The van der Waals surface area contributed by atoms with Crippen LogP contribution < -0.4 is 0 Å². The van der Waals surface area contributed by atoms with E-state index in [-0.39, 0.29) is 5.91 Å².